The fourth-order valence-electron chi connectivity index (χ4n) is 3.01. The number of nitrogens with zero attached hydrogens (tertiary/aromatic N) is 2. The summed E-state index contributed by atoms with van der Waals surface area (Å²) in [5, 5.41) is 0. The molecule has 1 aromatic heterocycles. The minimum Gasteiger partial charge on any atom is -0.435 e. The molecule has 1 aromatic carbocycles. The number of aromatic nitrogens is 2. The molecular formula is C19H23F2N3O2. The number of nitrogens with one attached hydrogen (secondary N) is 1. The number of rotatable bonds is 4. The van der Waals surface area contributed by atoms with Gasteiger partial charge in [-0.05, 0) is 17.7 Å². The second-order valence-corrected chi connectivity index (χ2v) is 7.57. The van der Waals surface area contributed by atoms with Crippen molar-refractivity contribution in [3.8, 4) is 5.75 Å². The molecule has 1 aliphatic heterocycles. The highest BCUT2D eigenvalue weighted by molar-refractivity contribution is 5.28. The molecule has 5 nitrogen and oxygen atoms in total. The molecule has 2 heterocycles. The SMILES string of the molecule is CC(C)(C)c1nc2c(c(=O)[nH]1)CN(Cc1ccc(OC(F)F)cc1)CC2. The third-order valence-corrected chi connectivity index (χ3v) is 4.41. The smallest absolute Gasteiger partial charge is 0.387 e. The van der Waals surface area contributed by atoms with E-state index in [-0.39, 0.29) is 16.7 Å². The van der Waals surface area contributed by atoms with Crippen LogP contribution in [0.4, 0.5) is 8.78 Å². The summed E-state index contributed by atoms with van der Waals surface area (Å²) in [7, 11) is 0. The molecule has 0 saturated carbocycles. The number of hydrogen-bond donors (Lipinski definition) is 1. The zero-order chi connectivity index (χ0) is 18.9. The van der Waals surface area contributed by atoms with Crippen molar-refractivity contribution in [2.45, 2.75) is 52.3 Å². The Labute approximate surface area is 151 Å². The van der Waals surface area contributed by atoms with Crippen LogP contribution in [0.1, 0.15) is 43.4 Å². The topological polar surface area (TPSA) is 58.2 Å². The minimum absolute atomic E-state index is 0.0784. The van der Waals surface area contributed by atoms with Crippen LogP contribution in [-0.2, 0) is 24.9 Å². The van der Waals surface area contributed by atoms with Crippen molar-refractivity contribution in [2.75, 3.05) is 6.54 Å². The summed E-state index contributed by atoms with van der Waals surface area (Å²) in [5.41, 5.74) is 2.28. The first-order chi connectivity index (χ1) is 12.2. The Bertz CT molecular complexity index is 826. The predicted molar refractivity (Wildman–Crippen MR) is 94.4 cm³/mol. The first kappa shape index (κ1) is 18.5. The van der Waals surface area contributed by atoms with E-state index in [1.165, 1.54) is 12.1 Å². The van der Waals surface area contributed by atoms with E-state index < -0.39 is 6.61 Å². The van der Waals surface area contributed by atoms with Gasteiger partial charge in [-0.15, -0.1) is 0 Å². The fourth-order valence-corrected chi connectivity index (χ4v) is 3.01. The second kappa shape index (κ2) is 7.15. The lowest BCUT2D eigenvalue weighted by molar-refractivity contribution is -0.0498. The molecule has 0 fully saturated rings. The van der Waals surface area contributed by atoms with Crippen LogP contribution < -0.4 is 10.3 Å². The van der Waals surface area contributed by atoms with E-state index in [1.54, 1.807) is 12.1 Å². The molecular weight excluding hydrogens is 340 g/mol. The number of ether oxygens (including phenoxy) is 1. The quantitative estimate of drug-likeness (QED) is 0.906. The first-order valence-corrected chi connectivity index (χ1v) is 8.61. The summed E-state index contributed by atoms with van der Waals surface area (Å²) in [4.78, 5) is 22.2. The van der Waals surface area contributed by atoms with E-state index in [4.69, 9.17) is 0 Å². The first-order valence-electron chi connectivity index (χ1n) is 8.61. The number of H-pyrrole nitrogens is 1. The van der Waals surface area contributed by atoms with Crippen molar-refractivity contribution in [2.24, 2.45) is 0 Å². The molecule has 1 aliphatic rings. The molecule has 0 spiro atoms. The number of fused-ring (bicyclic) bond motifs is 1. The zero-order valence-electron chi connectivity index (χ0n) is 15.2. The summed E-state index contributed by atoms with van der Waals surface area (Å²) in [6.07, 6.45) is 0.717. The van der Waals surface area contributed by atoms with Gasteiger partial charge in [0, 0.05) is 31.5 Å². The standard InChI is InChI=1S/C19H23F2N3O2/c1-19(2,3)17-22-15-8-9-24(11-14(15)16(25)23-17)10-12-4-6-13(7-5-12)26-18(20)21/h4-7,18H,8-11H2,1-3H3,(H,22,23,25). The highest BCUT2D eigenvalue weighted by Crippen LogP contribution is 2.22. The average Bonchev–Trinajstić information content (AvgIpc) is 2.56. The number of hydrogen-bond acceptors (Lipinski definition) is 4. The Kier molecular flexibility index (Phi) is 5.09. The van der Waals surface area contributed by atoms with Gasteiger partial charge in [-0.1, -0.05) is 32.9 Å². The predicted octanol–water partition coefficient (Wildman–Crippen LogP) is 3.23. The molecule has 1 N–H and O–H groups in total. The van der Waals surface area contributed by atoms with Crippen LogP contribution in [0.2, 0.25) is 0 Å². The van der Waals surface area contributed by atoms with Crippen LogP contribution in [0.5, 0.6) is 5.75 Å². The summed E-state index contributed by atoms with van der Waals surface area (Å²) in [6, 6.07) is 6.59. The molecule has 7 heteroatoms. The van der Waals surface area contributed by atoms with E-state index in [0.29, 0.717) is 24.5 Å². The van der Waals surface area contributed by atoms with Crippen molar-refractivity contribution >= 4 is 0 Å². The number of aromatic amines is 1. The van der Waals surface area contributed by atoms with Gasteiger partial charge in [-0.3, -0.25) is 9.69 Å². The number of alkyl halides is 2. The molecule has 26 heavy (non-hydrogen) atoms. The Morgan fingerprint density at radius 3 is 2.58 bits per heavy atom. The van der Waals surface area contributed by atoms with Gasteiger partial charge < -0.3 is 9.72 Å². The van der Waals surface area contributed by atoms with Crippen LogP contribution >= 0.6 is 0 Å². The highest BCUT2D eigenvalue weighted by Gasteiger charge is 2.24. The van der Waals surface area contributed by atoms with E-state index in [2.05, 4.69) is 19.6 Å². The lowest BCUT2D eigenvalue weighted by Gasteiger charge is -2.29. The average molecular weight is 363 g/mol. The molecule has 0 atom stereocenters. The van der Waals surface area contributed by atoms with Crippen LogP contribution in [-0.4, -0.2) is 28.0 Å². The maximum atomic E-state index is 12.5. The van der Waals surface area contributed by atoms with E-state index in [1.807, 2.05) is 20.8 Å². The molecule has 2 aromatic rings. The minimum atomic E-state index is -2.82. The molecule has 0 amide bonds. The van der Waals surface area contributed by atoms with E-state index in [0.717, 1.165) is 24.2 Å². The third kappa shape index (κ3) is 4.27. The zero-order valence-corrected chi connectivity index (χ0v) is 15.2. The Morgan fingerprint density at radius 2 is 1.96 bits per heavy atom. The number of halogens is 2. The Morgan fingerprint density at radius 1 is 1.27 bits per heavy atom. The molecule has 140 valence electrons. The van der Waals surface area contributed by atoms with Gasteiger partial charge in [0.15, 0.2) is 0 Å². The summed E-state index contributed by atoms with van der Waals surface area (Å²) in [6.45, 7) is 5.20. The Hall–Kier alpha value is -2.28. The van der Waals surface area contributed by atoms with Gasteiger partial charge in [-0.2, -0.15) is 8.78 Å². The lowest BCUT2D eigenvalue weighted by Crippen LogP contribution is -2.37. The van der Waals surface area contributed by atoms with Gasteiger partial charge in [0.25, 0.3) is 5.56 Å². The van der Waals surface area contributed by atoms with Gasteiger partial charge in [0.05, 0.1) is 11.3 Å². The summed E-state index contributed by atoms with van der Waals surface area (Å²) in [5.74, 6) is 0.854. The maximum Gasteiger partial charge on any atom is 0.387 e. The lowest BCUT2D eigenvalue weighted by atomic mass is 9.95. The molecule has 0 bridgehead atoms. The van der Waals surface area contributed by atoms with Gasteiger partial charge in [-0.25, -0.2) is 4.98 Å². The van der Waals surface area contributed by atoms with E-state index in [9.17, 15) is 13.6 Å². The Balaban J connectivity index is 1.72. The van der Waals surface area contributed by atoms with Crippen molar-refractivity contribution in [1.29, 1.82) is 0 Å². The van der Waals surface area contributed by atoms with Crippen molar-refractivity contribution in [3.05, 3.63) is 57.3 Å². The summed E-state index contributed by atoms with van der Waals surface area (Å²) < 4.78 is 28.8. The molecule has 0 saturated heterocycles. The van der Waals surface area contributed by atoms with Crippen molar-refractivity contribution in [1.82, 2.24) is 14.9 Å². The monoisotopic (exact) mass is 363 g/mol. The molecule has 0 unspecified atom stereocenters. The maximum absolute atomic E-state index is 12.5. The van der Waals surface area contributed by atoms with Crippen molar-refractivity contribution < 1.29 is 13.5 Å². The van der Waals surface area contributed by atoms with Gasteiger partial charge in [0.2, 0.25) is 0 Å². The van der Waals surface area contributed by atoms with Crippen LogP contribution in [0.15, 0.2) is 29.1 Å². The number of benzene rings is 1. The van der Waals surface area contributed by atoms with E-state index >= 15 is 0 Å². The van der Waals surface area contributed by atoms with Gasteiger partial charge in [0.1, 0.15) is 11.6 Å². The van der Waals surface area contributed by atoms with Crippen LogP contribution in [0.25, 0.3) is 0 Å². The van der Waals surface area contributed by atoms with Crippen LogP contribution in [0, 0.1) is 0 Å². The largest absolute Gasteiger partial charge is 0.435 e. The molecule has 3 rings (SSSR count). The van der Waals surface area contributed by atoms with Crippen molar-refractivity contribution in [3.63, 3.8) is 0 Å². The third-order valence-electron chi connectivity index (χ3n) is 4.41. The molecule has 0 radical (unpaired) electrons. The fraction of sp³-hybridized carbons (Fsp3) is 0.474. The van der Waals surface area contributed by atoms with Gasteiger partial charge >= 0.3 is 6.61 Å². The summed E-state index contributed by atoms with van der Waals surface area (Å²) >= 11 is 0. The molecule has 0 aliphatic carbocycles. The second-order valence-electron chi connectivity index (χ2n) is 7.57. The normalized spacial score (nSPS) is 15.2. The highest BCUT2D eigenvalue weighted by atomic mass is 19.3. The van der Waals surface area contributed by atoms with Crippen LogP contribution in [0.3, 0.4) is 0 Å².